The highest BCUT2D eigenvalue weighted by Crippen LogP contribution is 2.36. The average molecular weight is 271 g/mol. The number of halogens is 1. The summed E-state index contributed by atoms with van der Waals surface area (Å²) in [6.45, 7) is -0.0875. The molecule has 1 aliphatic rings. The van der Waals surface area contributed by atoms with E-state index >= 15 is 0 Å². The van der Waals surface area contributed by atoms with Crippen molar-refractivity contribution in [2.45, 2.75) is 24.8 Å². The van der Waals surface area contributed by atoms with Gasteiger partial charge in [0.2, 0.25) is 0 Å². The number of benzene rings is 2. The number of aliphatic hydroxyl groups is 1. The van der Waals surface area contributed by atoms with Crippen LogP contribution in [-0.2, 0) is 12.8 Å². The Labute approximate surface area is 118 Å². The number of fused-ring (bicyclic) bond motifs is 2. The second-order valence-electron chi connectivity index (χ2n) is 5.37. The molecule has 3 N–H and O–H groups in total. The van der Waals surface area contributed by atoms with Gasteiger partial charge in [0.15, 0.2) is 0 Å². The van der Waals surface area contributed by atoms with Crippen molar-refractivity contribution < 1.29 is 9.50 Å². The van der Waals surface area contributed by atoms with Gasteiger partial charge in [0.05, 0.1) is 6.61 Å². The van der Waals surface area contributed by atoms with Gasteiger partial charge in [-0.25, -0.2) is 4.39 Å². The van der Waals surface area contributed by atoms with Crippen LogP contribution in [0.1, 0.15) is 28.2 Å². The molecule has 0 radical (unpaired) electrons. The molecule has 0 saturated carbocycles. The Bertz CT molecular complexity index is 626. The van der Waals surface area contributed by atoms with E-state index < -0.39 is 0 Å². The summed E-state index contributed by atoms with van der Waals surface area (Å²) in [6.07, 6.45) is 1.68. The highest BCUT2D eigenvalue weighted by atomic mass is 19.1. The molecule has 2 aromatic carbocycles. The highest BCUT2D eigenvalue weighted by molar-refractivity contribution is 5.46. The van der Waals surface area contributed by atoms with E-state index in [1.807, 2.05) is 18.2 Å². The van der Waals surface area contributed by atoms with E-state index in [0.717, 1.165) is 29.5 Å². The summed E-state index contributed by atoms with van der Waals surface area (Å²) < 4.78 is 13.5. The number of aliphatic hydroxyl groups excluding tert-OH is 1. The van der Waals surface area contributed by atoms with Crippen LogP contribution < -0.4 is 5.73 Å². The van der Waals surface area contributed by atoms with Crippen molar-refractivity contribution in [1.82, 2.24) is 0 Å². The maximum Gasteiger partial charge on any atom is 0.123 e. The number of nitrogens with two attached hydrogens (primary N) is 1. The lowest BCUT2D eigenvalue weighted by Gasteiger charge is -2.25. The second-order valence-corrected chi connectivity index (χ2v) is 5.37. The quantitative estimate of drug-likeness (QED) is 0.881. The van der Waals surface area contributed by atoms with E-state index in [2.05, 4.69) is 12.1 Å². The fraction of sp³-hybridized carbons (Fsp3) is 0.294. The lowest BCUT2D eigenvalue weighted by molar-refractivity contribution is 0.256. The molecule has 0 fully saturated rings. The van der Waals surface area contributed by atoms with Crippen molar-refractivity contribution in [2.24, 2.45) is 5.73 Å². The van der Waals surface area contributed by atoms with Gasteiger partial charge in [0.1, 0.15) is 5.82 Å². The largest absolute Gasteiger partial charge is 0.395 e. The van der Waals surface area contributed by atoms with Crippen LogP contribution in [0, 0.1) is 5.82 Å². The molecule has 0 spiro atoms. The molecule has 0 heterocycles. The van der Waals surface area contributed by atoms with Gasteiger partial charge < -0.3 is 10.8 Å². The summed E-state index contributed by atoms with van der Waals surface area (Å²) in [7, 11) is 0. The fourth-order valence-electron chi connectivity index (χ4n) is 3.16. The Morgan fingerprint density at radius 2 is 1.80 bits per heavy atom. The first-order chi connectivity index (χ1) is 9.70. The van der Waals surface area contributed by atoms with E-state index in [0.29, 0.717) is 0 Å². The normalized spacial score (nSPS) is 18.9. The van der Waals surface area contributed by atoms with Gasteiger partial charge in [-0.2, -0.15) is 0 Å². The van der Waals surface area contributed by atoms with Crippen LogP contribution in [0.15, 0.2) is 42.5 Å². The Morgan fingerprint density at radius 1 is 1.10 bits per heavy atom. The van der Waals surface area contributed by atoms with Gasteiger partial charge in [-0.1, -0.05) is 30.3 Å². The maximum atomic E-state index is 13.5. The van der Waals surface area contributed by atoms with Gasteiger partial charge >= 0.3 is 0 Å². The van der Waals surface area contributed by atoms with Crippen molar-refractivity contribution in [1.29, 1.82) is 0 Å². The van der Waals surface area contributed by atoms with Crippen LogP contribution in [0.25, 0.3) is 0 Å². The molecule has 3 heteroatoms. The van der Waals surface area contributed by atoms with Crippen LogP contribution in [0.4, 0.5) is 4.39 Å². The van der Waals surface area contributed by atoms with Crippen LogP contribution in [0.3, 0.4) is 0 Å². The summed E-state index contributed by atoms with van der Waals surface area (Å²) >= 11 is 0. The fourth-order valence-corrected chi connectivity index (χ4v) is 3.16. The smallest absolute Gasteiger partial charge is 0.123 e. The second kappa shape index (κ2) is 5.35. The van der Waals surface area contributed by atoms with Crippen molar-refractivity contribution >= 4 is 0 Å². The zero-order chi connectivity index (χ0) is 14.1. The summed E-state index contributed by atoms with van der Waals surface area (Å²) in [6, 6.07) is 12.7. The number of aryl methyl sites for hydroxylation is 2. The number of hydrogen-bond donors (Lipinski definition) is 2. The van der Waals surface area contributed by atoms with E-state index in [-0.39, 0.29) is 24.4 Å². The van der Waals surface area contributed by atoms with E-state index in [1.54, 1.807) is 6.07 Å². The maximum absolute atomic E-state index is 13.5. The van der Waals surface area contributed by atoms with Crippen LogP contribution >= 0.6 is 0 Å². The molecular formula is C17H18FNO. The molecule has 20 heavy (non-hydrogen) atoms. The Kier molecular flexibility index (Phi) is 3.55. The van der Waals surface area contributed by atoms with Crippen molar-refractivity contribution in [3.8, 4) is 0 Å². The zero-order valence-electron chi connectivity index (χ0n) is 11.2. The third kappa shape index (κ3) is 2.23. The van der Waals surface area contributed by atoms with Gasteiger partial charge in [0.25, 0.3) is 0 Å². The van der Waals surface area contributed by atoms with Crippen molar-refractivity contribution in [3.05, 3.63) is 70.5 Å². The van der Waals surface area contributed by atoms with Gasteiger partial charge in [-0.3, -0.25) is 0 Å². The van der Waals surface area contributed by atoms with Crippen LogP contribution in [-0.4, -0.2) is 17.8 Å². The molecule has 0 aromatic heterocycles. The molecule has 2 aromatic rings. The molecule has 0 bridgehead atoms. The topological polar surface area (TPSA) is 46.2 Å². The third-order valence-corrected chi connectivity index (χ3v) is 4.13. The molecule has 104 valence electrons. The standard InChI is InChI=1S/C17H18FNO/c18-13-7-8-15-12(9-13)6-5-11-3-1-2-4-14(11)17(15)16(19)10-20/h1-4,7-9,16-17,20H,5-6,10,19H2. The molecule has 0 amide bonds. The van der Waals surface area contributed by atoms with Gasteiger partial charge in [-0.15, -0.1) is 0 Å². The monoisotopic (exact) mass is 271 g/mol. The minimum atomic E-state index is -0.376. The Hall–Kier alpha value is -1.71. The van der Waals surface area contributed by atoms with Gasteiger partial charge in [-0.05, 0) is 47.2 Å². The van der Waals surface area contributed by atoms with Gasteiger partial charge in [0, 0.05) is 12.0 Å². The van der Waals surface area contributed by atoms with E-state index in [4.69, 9.17) is 5.73 Å². The minimum absolute atomic E-state index is 0.0747. The highest BCUT2D eigenvalue weighted by Gasteiger charge is 2.28. The lowest BCUT2D eigenvalue weighted by Crippen LogP contribution is -2.33. The minimum Gasteiger partial charge on any atom is -0.395 e. The first-order valence-corrected chi connectivity index (χ1v) is 6.93. The van der Waals surface area contributed by atoms with Crippen LogP contribution in [0.5, 0.6) is 0 Å². The third-order valence-electron chi connectivity index (χ3n) is 4.13. The molecular weight excluding hydrogens is 253 g/mol. The predicted molar refractivity (Wildman–Crippen MR) is 77.2 cm³/mol. The zero-order valence-corrected chi connectivity index (χ0v) is 11.2. The lowest BCUT2D eigenvalue weighted by atomic mass is 9.83. The number of hydrogen-bond acceptors (Lipinski definition) is 2. The first kappa shape index (κ1) is 13.3. The first-order valence-electron chi connectivity index (χ1n) is 6.93. The average Bonchev–Trinajstić information content (AvgIpc) is 2.63. The summed E-state index contributed by atoms with van der Waals surface area (Å²) in [5.41, 5.74) is 10.6. The van der Waals surface area contributed by atoms with Crippen LogP contribution in [0.2, 0.25) is 0 Å². The Morgan fingerprint density at radius 3 is 2.60 bits per heavy atom. The Balaban J connectivity index is 2.19. The molecule has 0 saturated heterocycles. The summed E-state index contributed by atoms with van der Waals surface area (Å²) in [4.78, 5) is 0. The van der Waals surface area contributed by atoms with E-state index in [1.165, 1.54) is 11.6 Å². The SMILES string of the molecule is NC(CO)C1c2ccccc2CCc2cc(F)ccc21. The summed E-state index contributed by atoms with van der Waals surface area (Å²) in [5, 5.41) is 9.49. The summed E-state index contributed by atoms with van der Waals surface area (Å²) in [5.74, 6) is -0.291. The molecule has 0 aliphatic heterocycles. The molecule has 2 nitrogen and oxygen atoms in total. The van der Waals surface area contributed by atoms with Crippen molar-refractivity contribution in [3.63, 3.8) is 0 Å². The molecule has 2 unspecified atom stereocenters. The molecule has 3 rings (SSSR count). The van der Waals surface area contributed by atoms with Crippen molar-refractivity contribution in [2.75, 3.05) is 6.61 Å². The van der Waals surface area contributed by atoms with E-state index in [9.17, 15) is 9.50 Å². The molecule has 2 atom stereocenters. The molecule has 1 aliphatic carbocycles. The predicted octanol–water partition coefficient (Wildman–Crippen LogP) is 2.38. The number of rotatable bonds is 2.